The van der Waals surface area contributed by atoms with Gasteiger partial charge in [-0.1, -0.05) is 63.1 Å². The summed E-state index contributed by atoms with van der Waals surface area (Å²) in [4.78, 5) is 2.69. The number of hydrogen-bond donors (Lipinski definition) is 2. The molecule has 1 fully saturated rings. The van der Waals surface area contributed by atoms with Crippen molar-refractivity contribution in [2.45, 2.75) is 78.3 Å². The lowest BCUT2D eigenvalue weighted by atomic mass is 9.66. The maximum absolute atomic E-state index is 6.52. The van der Waals surface area contributed by atoms with Gasteiger partial charge in [-0.05, 0) is 74.3 Å². The second-order valence-corrected chi connectivity index (χ2v) is 11.3. The van der Waals surface area contributed by atoms with E-state index in [0.29, 0.717) is 23.3 Å². The summed E-state index contributed by atoms with van der Waals surface area (Å²) in [6.45, 7) is 14.0. The molecular formula is C26H44ClN3. The molecule has 0 aromatic carbocycles. The minimum absolute atomic E-state index is 0.173. The minimum atomic E-state index is 0.173. The fourth-order valence-corrected chi connectivity index (χ4v) is 5.90. The smallest absolute Gasteiger partial charge is 0.0380 e. The van der Waals surface area contributed by atoms with Crippen LogP contribution in [-0.4, -0.2) is 43.2 Å². The molecule has 3 aliphatic rings. The van der Waals surface area contributed by atoms with E-state index >= 15 is 0 Å². The molecule has 1 aliphatic heterocycles. The lowest BCUT2D eigenvalue weighted by Crippen LogP contribution is -2.54. The van der Waals surface area contributed by atoms with Gasteiger partial charge in [0.05, 0.1) is 0 Å². The van der Waals surface area contributed by atoms with Crippen LogP contribution in [0.4, 0.5) is 0 Å². The predicted molar refractivity (Wildman–Crippen MR) is 131 cm³/mol. The van der Waals surface area contributed by atoms with E-state index in [1.807, 2.05) is 0 Å². The maximum Gasteiger partial charge on any atom is 0.0380 e. The van der Waals surface area contributed by atoms with E-state index in [1.165, 1.54) is 50.8 Å². The first-order valence-corrected chi connectivity index (χ1v) is 12.6. The second kappa shape index (κ2) is 10.8. The van der Waals surface area contributed by atoms with Crippen molar-refractivity contribution < 1.29 is 0 Å². The number of hydrogen-bond acceptors (Lipinski definition) is 3. The first-order valence-electron chi connectivity index (χ1n) is 12.2. The second-order valence-electron chi connectivity index (χ2n) is 10.9. The molecule has 3 N–H and O–H groups in total. The number of nitrogens with zero attached hydrogens (tertiary/aromatic N) is 1. The standard InChI is InChI=1S/C26H44ClN3/c1-19(2)25(29-16-24(28)21-8-6-5-7-9-21)17-30-15-14-23(26(3,4)18-30)20-10-12-22(27)13-11-20/h8,10,12-13,19-20,23-25,29H,5-7,9,11,14-18,28H2,1-4H3/t20?,23?,24-,25+/m1/s1. The van der Waals surface area contributed by atoms with Gasteiger partial charge in [0.1, 0.15) is 0 Å². The predicted octanol–water partition coefficient (Wildman–Crippen LogP) is 5.48. The normalized spacial score (nSPS) is 29.4. The van der Waals surface area contributed by atoms with Crippen LogP contribution < -0.4 is 11.1 Å². The minimum Gasteiger partial charge on any atom is -0.323 e. The molecule has 0 saturated carbocycles. The molecule has 3 nitrogen and oxygen atoms in total. The van der Waals surface area contributed by atoms with Gasteiger partial charge in [-0.3, -0.25) is 0 Å². The lowest BCUT2D eigenvalue weighted by Gasteiger charge is -2.48. The van der Waals surface area contributed by atoms with Crippen molar-refractivity contribution in [1.29, 1.82) is 0 Å². The Bertz CT molecular complexity index is 649. The highest BCUT2D eigenvalue weighted by Gasteiger charge is 2.40. The summed E-state index contributed by atoms with van der Waals surface area (Å²) in [6, 6.07) is 0.663. The highest BCUT2D eigenvalue weighted by Crippen LogP contribution is 2.43. The SMILES string of the molecule is CC(C)[C@H](CN1CCC(C2C=CC(Cl)=CC2)C(C)(C)C1)NC[C@@H](N)C1=CCCCC1. The average molecular weight is 434 g/mol. The summed E-state index contributed by atoms with van der Waals surface area (Å²) in [7, 11) is 0. The van der Waals surface area contributed by atoms with Crippen molar-refractivity contribution in [2.75, 3.05) is 26.2 Å². The van der Waals surface area contributed by atoms with E-state index in [0.717, 1.165) is 30.5 Å². The Labute approximate surface area is 190 Å². The Morgan fingerprint density at radius 3 is 2.67 bits per heavy atom. The summed E-state index contributed by atoms with van der Waals surface area (Å²) >= 11 is 6.15. The van der Waals surface area contributed by atoms with Gasteiger partial charge in [-0.15, -0.1) is 0 Å². The summed E-state index contributed by atoms with van der Waals surface area (Å²) in [5, 5.41) is 4.73. The Kier molecular flexibility index (Phi) is 8.66. The fraction of sp³-hybridized carbons (Fsp3) is 0.769. The van der Waals surface area contributed by atoms with Crippen molar-refractivity contribution >= 4 is 11.6 Å². The highest BCUT2D eigenvalue weighted by atomic mass is 35.5. The van der Waals surface area contributed by atoms with Crippen LogP contribution >= 0.6 is 11.6 Å². The van der Waals surface area contributed by atoms with Crippen LogP contribution in [0.2, 0.25) is 0 Å². The highest BCUT2D eigenvalue weighted by molar-refractivity contribution is 6.31. The fourth-order valence-electron chi connectivity index (χ4n) is 5.74. The average Bonchev–Trinajstić information content (AvgIpc) is 2.71. The molecule has 0 spiro atoms. The molecule has 0 amide bonds. The van der Waals surface area contributed by atoms with Gasteiger partial charge < -0.3 is 16.0 Å². The summed E-state index contributed by atoms with van der Waals surface area (Å²) < 4.78 is 0. The summed E-state index contributed by atoms with van der Waals surface area (Å²) in [5.41, 5.74) is 8.30. The van der Waals surface area contributed by atoms with Crippen LogP contribution in [0.1, 0.15) is 66.2 Å². The molecule has 0 aromatic rings. The van der Waals surface area contributed by atoms with Gasteiger partial charge >= 0.3 is 0 Å². The molecular weight excluding hydrogens is 390 g/mol. The molecule has 4 heteroatoms. The monoisotopic (exact) mass is 433 g/mol. The molecule has 0 bridgehead atoms. The molecule has 0 aromatic heterocycles. The van der Waals surface area contributed by atoms with Gasteiger partial charge in [0, 0.05) is 36.8 Å². The molecule has 2 unspecified atom stereocenters. The van der Waals surface area contributed by atoms with Crippen LogP contribution in [0.15, 0.2) is 34.9 Å². The Morgan fingerprint density at radius 2 is 2.07 bits per heavy atom. The van der Waals surface area contributed by atoms with Crippen molar-refractivity contribution in [3.63, 3.8) is 0 Å². The lowest BCUT2D eigenvalue weighted by molar-refractivity contribution is 0.0252. The van der Waals surface area contributed by atoms with Crippen molar-refractivity contribution in [2.24, 2.45) is 28.9 Å². The third-order valence-corrected chi connectivity index (χ3v) is 7.94. The van der Waals surface area contributed by atoms with Crippen LogP contribution in [0.25, 0.3) is 0 Å². The van der Waals surface area contributed by atoms with Gasteiger partial charge in [0.15, 0.2) is 0 Å². The number of allylic oxidation sites excluding steroid dienone is 5. The maximum atomic E-state index is 6.52. The van der Waals surface area contributed by atoms with Crippen molar-refractivity contribution in [3.05, 3.63) is 34.9 Å². The number of piperidine rings is 1. The van der Waals surface area contributed by atoms with Crippen LogP contribution in [0.5, 0.6) is 0 Å². The molecule has 170 valence electrons. The van der Waals surface area contributed by atoms with E-state index in [-0.39, 0.29) is 6.04 Å². The number of nitrogens with two attached hydrogens (primary N) is 1. The Balaban J connectivity index is 1.52. The summed E-state index contributed by atoms with van der Waals surface area (Å²) in [5.74, 6) is 1.96. The van der Waals surface area contributed by atoms with Gasteiger partial charge in [-0.2, -0.15) is 0 Å². The van der Waals surface area contributed by atoms with E-state index in [1.54, 1.807) is 0 Å². The zero-order chi connectivity index (χ0) is 21.7. The van der Waals surface area contributed by atoms with Crippen LogP contribution in [0.3, 0.4) is 0 Å². The topological polar surface area (TPSA) is 41.3 Å². The van der Waals surface area contributed by atoms with Crippen molar-refractivity contribution in [3.8, 4) is 0 Å². The zero-order valence-electron chi connectivity index (χ0n) is 19.7. The molecule has 0 radical (unpaired) electrons. The summed E-state index contributed by atoms with van der Waals surface area (Å²) in [6.07, 6.45) is 16.4. The number of likely N-dealkylation sites (tertiary alicyclic amines) is 1. The quantitative estimate of drug-likeness (QED) is 0.498. The van der Waals surface area contributed by atoms with E-state index < -0.39 is 0 Å². The molecule has 1 saturated heterocycles. The third kappa shape index (κ3) is 6.45. The van der Waals surface area contributed by atoms with Gasteiger partial charge in [0.25, 0.3) is 0 Å². The van der Waals surface area contributed by atoms with Gasteiger partial charge in [0.2, 0.25) is 0 Å². The largest absolute Gasteiger partial charge is 0.323 e. The van der Waals surface area contributed by atoms with E-state index in [4.69, 9.17) is 17.3 Å². The first kappa shape index (κ1) is 24.0. The van der Waals surface area contributed by atoms with Crippen LogP contribution in [0, 0.1) is 23.2 Å². The van der Waals surface area contributed by atoms with E-state index in [2.05, 4.69) is 62.2 Å². The van der Waals surface area contributed by atoms with Crippen LogP contribution in [-0.2, 0) is 0 Å². The Hall–Kier alpha value is -0.610. The molecule has 4 atom stereocenters. The number of halogens is 1. The third-order valence-electron chi connectivity index (χ3n) is 7.66. The molecule has 1 heterocycles. The number of rotatable bonds is 8. The molecule has 2 aliphatic carbocycles. The van der Waals surface area contributed by atoms with Crippen molar-refractivity contribution in [1.82, 2.24) is 10.2 Å². The molecule has 30 heavy (non-hydrogen) atoms. The van der Waals surface area contributed by atoms with Gasteiger partial charge in [-0.25, -0.2) is 0 Å². The van der Waals surface area contributed by atoms with E-state index in [9.17, 15) is 0 Å². The number of nitrogens with one attached hydrogen (secondary N) is 1. The zero-order valence-corrected chi connectivity index (χ0v) is 20.4. The molecule has 3 rings (SSSR count). The Morgan fingerprint density at radius 1 is 1.27 bits per heavy atom. The first-order chi connectivity index (χ1) is 14.3.